The summed E-state index contributed by atoms with van der Waals surface area (Å²) in [5.74, 6) is 1.58. The zero-order valence-electron chi connectivity index (χ0n) is 17.3. The number of morpholine rings is 1. The number of hydrogen-bond acceptors (Lipinski definition) is 6. The van der Waals surface area contributed by atoms with Crippen LogP contribution in [0, 0.1) is 0 Å². The average Bonchev–Trinajstić information content (AvgIpc) is 2.70. The van der Waals surface area contributed by atoms with E-state index in [1.165, 1.54) is 32.1 Å². The molecule has 0 saturated carbocycles. The molecule has 1 atom stereocenters. The minimum atomic E-state index is -0.484. The van der Waals surface area contributed by atoms with Crippen molar-refractivity contribution in [2.24, 2.45) is 0 Å². The van der Waals surface area contributed by atoms with Crippen molar-refractivity contribution in [2.45, 2.75) is 44.8 Å². The van der Waals surface area contributed by atoms with E-state index in [0.717, 1.165) is 63.0 Å². The number of hydrogen-bond donors (Lipinski definition) is 1. The second-order valence-electron chi connectivity index (χ2n) is 7.90. The second kappa shape index (κ2) is 11.6. The molecule has 2 aliphatic rings. The first-order valence-electron chi connectivity index (χ1n) is 10.7. The highest BCUT2D eigenvalue weighted by Crippen LogP contribution is 2.26. The highest BCUT2D eigenvalue weighted by Gasteiger charge is 2.17. The maximum atomic E-state index is 10.5. The quantitative estimate of drug-likeness (QED) is 0.734. The van der Waals surface area contributed by atoms with Crippen molar-refractivity contribution in [1.29, 1.82) is 0 Å². The number of β-amino-alcohol motifs (C(OH)–C–C–N with tert-alkyl or cyclic N) is 1. The number of nitrogens with zero attached hydrogens (tertiary/aromatic N) is 2. The number of benzene rings is 1. The number of methoxy groups -OCH3 is 1. The van der Waals surface area contributed by atoms with Gasteiger partial charge >= 0.3 is 0 Å². The van der Waals surface area contributed by atoms with Gasteiger partial charge in [0, 0.05) is 37.8 Å². The standard InChI is InChI=1S/C22H36N2O4/c1-26-21-8-7-19(16-24-11-13-27-14-12-24)22(15-21)28-18-20(25)17-23-9-5-3-2-4-6-10-23/h7-8,15,20,25H,2-6,9-14,16-18H2,1H3. The van der Waals surface area contributed by atoms with E-state index in [1.54, 1.807) is 7.11 Å². The molecule has 2 heterocycles. The summed E-state index contributed by atoms with van der Waals surface area (Å²) in [7, 11) is 1.66. The van der Waals surface area contributed by atoms with Crippen molar-refractivity contribution in [1.82, 2.24) is 9.80 Å². The van der Waals surface area contributed by atoms with Gasteiger partial charge in [-0.2, -0.15) is 0 Å². The van der Waals surface area contributed by atoms with Crippen molar-refractivity contribution in [3.05, 3.63) is 23.8 Å². The molecule has 6 heteroatoms. The summed E-state index contributed by atoms with van der Waals surface area (Å²) >= 11 is 0. The summed E-state index contributed by atoms with van der Waals surface area (Å²) in [5, 5.41) is 10.5. The van der Waals surface area contributed by atoms with E-state index < -0.39 is 6.10 Å². The van der Waals surface area contributed by atoms with E-state index >= 15 is 0 Å². The van der Waals surface area contributed by atoms with Crippen LogP contribution in [-0.2, 0) is 11.3 Å². The van der Waals surface area contributed by atoms with Crippen LogP contribution in [0.4, 0.5) is 0 Å². The maximum absolute atomic E-state index is 10.5. The van der Waals surface area contributed by atoms with E-state index in [0.29, 0.717) is 13.2 Å². The van der Waals surface area contributed by atoms with Crippen molar-refractivity contribution in [3.63, 3.8) is 0 Å². The SMILES string of the molecule is COc1ccc(CN2CCOCC2)c(OCC(O)CN2CCCCCCC2)c1. The Labute approximate surface area is 169 Å². The molecule has 0 bridgehead atoms. The van der Waals surface area contributed by atoms with E-state index in [2.05, 4.69) is 15.9 Å². The van der Waals surface area contributed by atoms with Gasteiger partial charge in [-0.3, -0.25) is 4.90 Å². The van der Waals surface area contributed by atoms with E-state index in [-0.39, 0.29) is 0 Å². The Balaban J connectivity index is 1.55. The number of aliphatic hydroxyl groups excluding tert-OH is 1. The van der Waals surface area contributed by atoms with Crippen LogP contribution in [0.3, 0.4) is 0 Å². The lowest BCUT2D eigenvalue weighted by molar-refractivity contribution is 0.0332. The molecule has 0 aromatic heterocycles. The smallest absolute Gasteiger partial charge is 0.127 e. The van der Waals surface area contributed by atoms with Crippen LogP contribution in [0.25, 0.3) is 0 Å². The predicted molar refractivity (Wildman–Crippen MR) is 110 cm³/mol. The monoisotopic (exact) mass is 392 g/mol. The first-order valence-corrected chi connectivity index (χ1v) is 10.7. The Hall–Kier alpha value is -1.34. The fourth-order valence-corrected chi connectivity index (χ4v) is 3.96. The Morgan fingerprint density at radius 3 is 2.43 bits per heavy atom. The second-order valence-corrected chi connectivity index (χ2v) is 7.90. The number of ether oxygens (including phenoxy) is 3. The van der Waals surface area contributed by atoms with E-state index in [9.17, 15) is 5.11 Å². The largest absolute Gasteiger partial charge is 0.497 e. The third-order valence-electron chi connectivity index (χ3n) is 5.62. The van der Waals surface area contributed by atoms with Crippen LogP contribution in [0.1, 0.15) is 37.7 Å². The Bertz CT molecular complexity index is 570. The molecule has 0 spiro atoms. The normalized spacial score (nSPS) is 20.9. The summed E-state index contributed by atoms with van der Waals surface area (Å²) in [6.07, 6.45) is 5.93. The molecule has 2 aliphatic heterocycles. The van der Waals surface area contributed by atoms with Crippen molar-refractivity contribution in [2.75, 3.05) is 59.7 Å². The van der Waals surface area contributed by atoms with E-state index in [1.807, 2.05) is 12.1 Å². The summed E-state index contributed by atoms with van der Waals surface area (Å²) < 4.78 is 16.9. The van der Waals surface area contributed by atoms with Crippen LogP contribution in [0.5, 0.6) is 11.5 Å². The first-order chi connectivity index (χ1) is 13.7. The summed E-state index contributed by atoms with van der Waals surface area (Å²) in [6, 6.07) is 5.96. The molecular weight excluding hydrogens is 356 g/mol. The maximum Gasteiger partial charge on any atom is 0.127 e. The molecule has 2 fully saturated rings. The molecule has 28 heavy (non-hydrogen) atoms. The topological polar surface area (TPSA) is 54.4 Å². The van der Waals surface area contributed by atoms with Crippen molar-refractivity contribution >= 4 is 0 Å². The lowest BCUT2D eigenvalue weighted by Crippen LogP contribution is -2.37. The number of aliphatic hydroxyl groups is 1. The van der Waals surface area contributed by atoms with Gasteiger partial charge < -0.3 is 24.2 Å². The Kier molecular flexibility index (Phi) is 8.86. The summed E-state index contributed by atoms with van der Waals surface area (Å²) in [6.45, 7) is 7.40. The first kappa shape index (κ1) is 21.4. The molecular formula is C22H36N2O4. The molecule has 1 aromatic carbocycles. The molecule has 1 unspecified atom stereocenters. The molecule has 158 valence electrons. The summed E-state index contributed by atoms with van der Waals surface area (Å²) in [5.41, 5.74) is 1.13. The zero-order chi connectivity index (χ0) is 19.6. The molecule has 3 rings (SSSR count). The van der Waals surface area contributed by atoms with Crippen LogP contribution in [0.2, 0.25) is 0 Å². The van der Waals surface area contributed by atoms with Gasteiger partial charge in [-0.25, -0.2) is 0 Å². The lowest BCUT2D eigenvalue weighted by Gasteiger charge is -2.28. The third kappa shape index (κ3) is 6.92. The fraction of sp³-hybridized carbons (Fsp3) is 0.727. The van der Waals surface area contributed by atoms with Gasteiger partial charge in [-0.1, -0.05) is 25.3 Å². The van der Waals surface area contributed by atoms with Crippen molar-refractivity contribution in [3.8, 4) is 11.5 Å². The van der Waals surface area contributed by atoms with Crippen molar-refractivity contribution < 1.29 is 19.3 Å². The Morgan fingerprint density at radius 2 is 1.71 bits per heavy atom. The highest BCUT2D eigenvalue weighted by atomic mass is 16.5. The van der Waals surface area contributed by atoms with Gasteiger partial charge in [0.2, 0.25) is 0 Å². The third-order valence-corrected chi connectivity index (χ3v) is 5.62. The Morgan fingerprint density at radius 1 is 1.00 bits per heavy atom. The van der Waals surface area contributed by atoms with Gasteiger partial charge in [-0.05, 0) is 32.0 Å². The van der Waals surface area contributed by atoms with Crippen LogP contribution in [0.15, 0.2) is 18.2 Å². The average molecular weight is 393 g/mol. The molecule has 6 nitrogen and oxygen atoms in total. The summed E-state index contributed by atoms with van der Waals surface area (Å²) in [4.78, 5) is 4.75. The van der Waals surface area contributed by atoms with Gasteiger partial charge in [0.05, 0.1) is 20.3 Å². The molecule has 1 aromatic rings. The van der Waals surface area contributed by atoms with Gasteiger partial charge in [0.15, 0.2) is 0 Å². The molecule has 0 aliphatic carbocycles. The molecule has 0 radical (unpaired) electrons. The minimum Gasteiger partial charge on any atom is -0.497 e. The predicted octanol–water partition coefficient (Wildman–Crippen LogP) is 2.53. The number of likely N-dealkylation sites (tertiary alicyclic amines) is 1. The van der Waals surface area contributed by atoms with Crippen LogP contribution < -0.4 is 9.47 Å². The van der Waals surface area contributed by atoms with Crippen LogP contribution in [-0.4, -0.2) is 80.7 Å². The van der Waals surface area contributed by atoms with Gasteiger partial charge in [0.25, 0.3) is 0 Å². The molecule has 1 N–H and O–H groups in total. The molecule has 2 saturated heterocycles. The van der Waals surface area contributed by atoms with Gasteiger partial charge in [-0.15, -0.1) is 0 Å². The highest BCUT2D eigenvalue weighted by molar-refractivity contribution is 5.40. The fourth-order valence-electron chi connectivity index (χ4n) is 3.96. The van der Waals surface area contributed by atoms with Gasteiger partial charge in [0.1, 0.15) is 24.2 Å². The zero-order valence-corrected chi connectivity index (χ0v) is 17.3. The van der Waals surface area contributed by atoms with E-state index in [4.69, 9.17) is 14.2 Å². The lowest BCUT2D eigenvalue weighted by atomic mass is 10.1. The number of rotatable bonds is 8. The minimum absolute atomic E-state index is 0.305. The molecule has 0 amide bonds. The van der Waals surface area contributed by atoms with Crippen LogP contribution >= 0.6 is 0 Å².